The number of carboxylic acids is 1. The second-order valence-corrected chi connectivity index (χ2v) is 10.3. The first-order valence-corrected chi connectivity index (χ1v) is 12.3. The number of carbonyl (C=O) groups is 1. The van der Waals surface area contributed by atoms with E-state index in [-0.39, 0.29) is 12.2 Å². The van der Waals surface area contributed by atoms with Crippen LogP contribution in [0.25, 0.3) is 22.4 Å². The monoisotopic (exact) mass is 500 g/mol. The summed E-state index contributed by atoms with van der Waals surface area (Å²) in [5, 5.41) is 18.1. The molecule has 0 bridgehead atoms. The molecule has 8 heteroatoms. The zero-order chi connectivity index (χ0) is 26.1. The predicted octanol–water partition coefficient (Wildman–Crippen LogP) is 6.31. The average molecular weight is 501 g/mol. The lowest BCUT2D eigenvalue weighted by Crippen LogP contribution is -2.23. The van der Waals surface area contributed by atoms with E-state index >= 15 is 0 Å². The highest BCUT2D eigenvalue weighted by Crippen LogP contribution is 2.49. The molecule has 186 valence electrons. The fourth-order valence-electron chi connectivity index (χ4n) is 4.24. The van der Waals surface area contributed by atoms with Crippen LogP contribution >= 0.6 is 11.9 Å². The normalized spacial score (nSPS) is 12.4. The smallest absolute Gasteiger partial charge is 0.307 e. The standard InChI is InChI=1S/C23H20F2N2O2S.C4H10O/c1-12-18(9-19(28)29)20(14-4-6-16(24)7-5-14)13(2)21-22-15(8-17(25)10-26-22)11-27(30-3)23(12)21;1-4(2,3)5/h4-8,10H,9,11H2,1-3H3,(H,28,29);5H,1-3H3. The number of nitrogens with zero attached hydrogens (tertiary/aromatic N) is 2. The number of hydrogen-bond acceptors (Lipinski definition) is 5. The number of carboxylic acid groups (broad SMARTS) is 1. The van der Waals surface area contributed by atoms with E-state index in [4.69, 9.17) is 5.11 Å². The highest BCUT2D eigenvalue weighted by atomic mass is 32.2. The number of aromatic nitrogens is 1. The molecule has 5 nitrogen and oxygen atoms in total. The number of benzene rings is 2. The summed E-state index contributed by atoms with van der Waals surface area (Å²) in [5.74, 6) is -1.69. The molecule has 2 aromatic carbocycles. The van der Waals surface area contributed by atoms with Gasteiger partial charge in [0.25, 0.3) is 0 Å². The van der Waals surface area contributed by atoms with E-state index in [0.29, 0.717) is 17.8 Å². The first-order chi connectivity index (χ1) is 16.3. The van der Waals surface area contributed by atoms with Crippen LogP contribution in [0.3, 0.4) is 0 Å². The lowest BCUT2D eigenvalue weighted by molar-refractivity contribution is -0.136. The van der Waals surface area contributed by atoms with E-state index < -0.39 is 17.4 Å². The van der Waals surface area contributed by atoms with Gasteiger partial charge in [-0.1, -0.05) is 24.1 Å². The molecule has 0 radical (unpaired) electrons. The minimum atomic E-state index is -0.937. The van der Waals surface area contributed by atoms with Gasteiger partial charge in [0.15, 0.2) is 0 Å². The van der Waals surface area contributed by atoms with Gasteiger partial charge in [0.05, 0.1) is 36.1 Å². The van der Waals surface area contributed by atoms with Crippen LogP contribution in [0.4, 0.5) is 14.5 Å². The lowest BCUT2D eigenvalue weighted by atomic mass is 9.82. The van der Waals surface area contributed by atoms with E-state index in [1.165, 1.54) is 36.3 Å². The van der Waals surface area contributed by atoms with E-state index in [0.717, 1.165) is 39.1 Å². The van der Waals surface area contributed by atoms with E-state index in [1.807, 2.05) is 24.4 Å². The van der Waals surface area contributed by atoms with Crippen molar-refractivity contribution in [3.8, 4) is 22.4 Å². The molecule has 0 saturated carbocycles. The van der Waals surface area contributed by atoms with Gasteiger partial charge >= 0.3 is 5.97 Å². The predicted molar refractivity (Wildman–Crippen MR) is 138 cm³/mol. The number of hydrogen-bond donors (Lipinski definition) is 2. The fourth-order valence-corrected chi connectivity index (χ4v) is 4.92. The summed E-state index contributed by atoms with van der Waals surface area (Å²) in [4.78, 5) is 16.1. The fraction of sp³-hybridized carbons (Fsp3) is 0.333. The zero-order valence-electron chi connectivity index (χ0n) is 20.7. The molecule has 4 rings (SSSR count). The summed E-state index contributed by atoms with van der Waals surface area (Å²) < 4.78 is 29.5. The SMILES string of the molecule is CC(C)(C)O.CSN1Cc2cc(F)cnc2-c2c(C)c(-c3ccc(F)cc3)c(CC(=O)O)c(C)c21. The van der Waals surface area contributed by atoms with Crippen molar-refractivity contribution < 1.29 is 23.8 Å². The number of fused-ring (bicyclic) bond motifs is 3. The number of aliphatic carboxylic acids is 1. The van der Waals surface area contributed by atoms with E-state index in [2.05, 4.69) is 4.98 Å². The Hall–Kier alpha value is -2.97. The Morgan fingerprint density at radius 1 is 1.09 bits per heavy atom. The van der Waals surface area contributed by atoms with Crippen LogP contribution < -0.4 is 4.31 Å². The molecule has 0 saturated heterocycles. The second kappa shape index (κ2) is 10.3. The van der Waals surface area contributed by atoms with Gasteiger partial charge in [-0.05, 0) is 80.6 Å². The second-order valence-electron chi connectivity index (χ2n) is 9.46. The van der Waals surface area contributed by atoms with Gasteiger partial charge < -0.3 is 14.5 Å². The largest absolute Gasteiger partial charge is 0.481 e. The van der Waals surface area contributed by atoms with Crippen molar-refractivity contribution in [2.45, 2.75) is 53.2 Å². The number of anilines is 1. The third kappa shape index (κ3) is 6.00. The molecule has 2 N–H and O–H groups in total. The Morgan fingerprint density at radius 2 is 1.69 bits per heavy atom. The highest BCUT2D eigenvalue weighted by Gasteiger charge is 2.31. The Balaban J connectivity index is 0.000000623. The minimum absolute atomic E-state index is 0.154. The molecule has 1 aliphatic heterocycles. The lowest BCUT2D eigenvalue weighted by Gasteiger charge is -2.35. The molecule has 2 heterocycles. The highest BCUT2D eigenvalue weighted by molar-refractivity contribution is 7.99. The van der Waals surface area contributed by atoms with Crippen LogP contribution in [0.2, 0.25) is 0 Å². The van der Waals surface area contributed by atoms with Crippen LogP contribution in [-0.2, 0) is 17.8 Å². The van der Waals surface area contributed by atoms with Crippen molar-refractivity contribution >= 4 is 23.6 Å². The molecule has 0 atom stereocenters. The maximum absolute atomic E-state index is 13.9. The van der Waals surface area contributed by atoms with E-state index in [9.17, 15) is 18.7 Å². The van der Waals surface area contributed by atoms with Gasteiger partial charge in [-0.15, -0.1) is 0 Å². The van der Waals surface area contributed by atoms with Crippen LogP contribution in [0, 0.1) is 25.5 Å². The Labute approximate surface area is 209 Å². The summed E-state index contributed by atoms with van der Waals surface area (Å²) in [7, 11) is 0. The number of rotatable bonds is 4. The molecule has 35 heavy (non-hydrogen) atoms. The summed E-state index contributed by atoms with van der Waals surface area (Å²) in [5.41, 5.74) is 6.59. The topological polar surface area (TPSA) is 73.7 Å². The molecular weight excluding hydrogens is 470 g/mol. The van der Waals surface area contributed by atoms with Crippen LogP contribution in [0.1, 0.15) is 43.0 Å². The zero-order valence-corrected chi connectivity index (χ0v) is 21.6. The summed E-state index contributed by atoms with van der Waals surface area (Å²) >= 11 is 1.50. The number of halogens is 2. The van der Waals surface area contributed by atoms with Gasteiger partial charge in [-0.2, -0.15) is 0 Å². The maximum atomic E-state index is 13.9. The molecule has 0 spiro atoms. The molecule has 3 aromatic rings. The third-order valence-corrected chi connectivity index (χ3v) is 6.26. The first-order valence-electron chi connectivity index (χ1n) is 11.1. The molecular formula is C27H30F2N2O3S. The number of pyridine rings is 1. The summed E-state index contributed by atoms with van der Waals surface area (Å²) in [6.07, 6.45) is 2.98. The van der Waals surface area contributed by atoms with Gasteiger partial charge in [-0.3, -0.25) is 9.78 Å². The Morgan fingerprint density at radius 3 is 2.23 bits per heavy atom. The van der Waals surface area contributed by atoms with Gasteiger partial charge in [0, 0.05) is 17.4 Å². The average Bonchev–Trinajstić information content (AvgIpc) is 2.75. The molecule has 0 amide bonds. The Bertz CT molecular complexity index is 1250. The van der Waals surface area contributed by atoms with Crippen LogP contribution in [0.15, 0.2) is 36.5 Å². The summed E-state index contributed by atoms with van der Waals surface area (Å²) in [6.45, 7) is 9.52. The van der Waals surface area contributed by atoms with Crippen LogP contribution in [0.5, 0.6) is 0 Å². The first kappa shape index (κ1) is 26.6. The maximum Gasteiger partial charge on any atom is 0.307 e. The van der Waals surface area contributed by atoms with Crippen molar-refractivity contribution in [1.82, 2.24) is 4.98 Å². The quantitative estimate of drug-likeness (QED) is 0.409. The molecule has 0 unspecified atom stereocenters. The Kier molecular flexibility index (Phi) is 7.87. The molecule has 0 fully saturated rings. The third-order valence-electron chi connectivity index (χ3n) is 5.51. The minimum Gasteiger partial charge on any atom is -0.481 e. The van der Waals surface area contributed by atoms with Gasteiger partial charge in [0.1, 0.15) is 11.6 Å². The van der Waals surface area contributed by atoms with Crippen LogP contribution in [-0.4, -0.2) is 33.0 Å². The summed E-state index contributed by atoms with van der Waals surface area (Å²) in [6, 6.07) is 7.53. The van der Waals surface area contributed by atoms with Gasteiger partial charge in [0.2, 0.25) is 0 Å². The molecule has 1 aliphatic rings. The molecule has 1 aromatic heterocycles. The van der Waals surface area contributed by atoms with Crippen molar-refractivity contribution in [1.29, 1.82) is 0 Å². The molecule has 0 aliphatic carbocycles. The van der Waals surface area contributed by atoms with Crippen molar-refractivity contribution in [2.75, 3.05) is 10.6 Å². The van der Waals surface area contributed by atoms with Gasteiger partial charge in [-0.25, -0.2) is 8.78 Å². The number of aliphatic hydroxyl groups is 1. The van der Waals surface area contributed by atoms with E-state index in [1.54, 1.807) is 32.9 Å². The van der Waals surface area contributed by atoms with Crippen molar-refractivity contribution in [3.63, 3.8) is 0 Å². The van der Waals surface area contributed by atoms with Crippen molar-refractivity contribution in [2.24, 2.45) is 0 Å². The van der Waals surface area contributed by atoms with Crippen molar-refractivity contribution in [3.05, 3.63) is 70.4 Å².